The van der Waals surface area contributed by atoms with Gasteiger partial charge in [-0.1, -0.05) is 13.0 Å². The number of rotatable bonds is 7. The van der Waals surface area contributed by atoms with Crippen molar-refractivity contribution < 1.29 is 9.13 Å². The molecule has 1 aromatic heterocycles. The van der Waals surface area contributed by atoms with E-state index in [0.717, 1.165) is 23.5 Å². The zero-order valence-electron chi connectivity index (χ0n) is 12.6. The third-order valence-electron chi connectivity index (χ3n) is 3.32. The van der Waals surface area contributed by atoms with Crippen molar-refractivity contribution in [1.82, 2.24) is 10.3 Å². The number of hydrogen-bond donors (Lipinski definition) is 1. The van der Waals surface area contributed by atoms with Crippen LogP contribution in [-0.4, -0.2) is 12.0 Å². The average Bonchev–Trinajstić information content (AvgIpc) is 2.92. The number of aryl methyl sites for hydroxylation is 1. The van der Waals surface area contributed by atoms with E-state index in [9.17, 15) is 4.39 Å². The lowest BCUT2D eigenvalue weighted by atomic mass is 10.1. The smallest absolute Gasteiger partial charge is 0.131 e. The molecule has 1 aromatic carbocycles. The SMILES string of the molecule is CCCc1nc(COc2ccc(C(C)NC)c(F)c2)cs1. The molecular formula is C16H21FN2OS. The van der Waals surface area contributed by atoms with Crippen molar-refractivity contribution in [2.24, 2.45) is 0 Å². The third kappa shape index (κ3) is 4.25. The standard InChI is InChI=1S/C16H21FN2OS/c1-4-5-16-19-12(10-21-16)9-20-13-6-7-14(11(2)18-3)15(17)8-13/h6-8,10-11,18H,4-5,9H2,1-3H3. The van der Waals surface area contributed by atoms with Crippen molar-refractivity contribution >= 4 is 11.3 Å². The summed E-state index contributed by atoms with van der Waals surface area (Å²) in [5.74, 6) is 0.281. The second-order valence-corrected chi connectivity index (χ2v) is 5.91. The fraction of sp³-hybridized carbons (Fsp3) is 0.438. The number of benzene rings is 1. The van der Waals surface area contributed by atoms with Crippen LogP contribution in [0.15, 0.2) is 23.6 Å². The van der Waals surface area contributed by atoms with Crippen molar-refractivity contribution in [3.8, 4) is 5.75 Å². The van der Waals surface area contributed by atoms with Gasteiger partial charge in [0.25, 0.3) is 0 Å². The van der Waals surface area contributed by atoms with Crippen LogP contribution in [0.4, 0.5) is 4.39 Å². The first kappa shape index (κ1) is 15.9. The summed E-state index contributed by atoms with van der Waals surface area (Å²) in [4.78, 5) is 4.49. The van der Waals surface area contributed by atoms with Gasteiger partial charge in [-0.25, -0.2) is 9.37 Å². The van der Waals surface area contributed by atoms with Crippen LogP contribution in [0.2, 0.25) is 0 Å². The van der Waals surface area contributed by atoms with E-state index in [1.54, 1.807) is 23.5 Å². The molecule has 1 heterocycles. The maximum Gasteiger partial charge on any atom is 0.131 e. The molecule has 0 fully saturated rings. The van der Waals surface area contributed by atoms with Gasteiger partial charge in [-0.15, -0.1) is 11.3 Å². The zero-order chi connectivity index (χ0) is 15.2. The van der Waals surface area contributed by atoms with E-state index in [2.05, 4.69) is 17.2 Å². The average molecular weight is 308 g/mol. The summed E-state index contributed by atoms with van der Waals surface area (Å²) in [5, 5.41) is 6.15. The van der Waals surface area contributed by atoms with Gasteiger partial charge in [0, 0.05) is 23.1 Å². The molecule has 0 aliphatic heterocycles. The van der Waals surface area contributed by atoms with Crippen molar-refractivity contribution in [3.05, 3.63) is 45.7 Å². The Labute approximate surface area is 129 Å². The Bertz CT molecular complexity index is 585. The van der Waals surface area contributed by atoms with Crippen LogP contribution >= 0.6 is 11.3 Å². The topological polar surface area (TPSA) is 34.1 Å². The number of ether oxygens (including phenoxy) is 1. The number of halogens is 1. The molecule has 0 radical (unpaired) electrons. The van der Waals surface area contributed by atoms with Gasteiger partial charge in [0.05, 0.1) is 10.7 Å². The highest BCUT2D eigenvalue weighted by Gasteiger charge is 2.10. The van der Waals surface area contributed by atoms with E-state index < -0.39 is 0 Å². The van der Waals surface area contributed by atoms with E-state index in [1.807, 2.05) is 19.4 Å². The summed E-state index contributed by atoms with van der Waals surface area (Å²) in [7, 11) is 1.81. The summed E-state index contributed by atoms with van der Waals surface area (Å²) in [6, 6.07) is 4.97. The number of aromatic nitrogens is 1. The van der Waals surface area contributed by atoms with E-state index in [0.29, 0.717) is 17.9 Å². The highest BCUT2D eigenvalue weighted by Crippen LogP contribution is 2.22. The van der Waals surface area contributed by atoms with Crippen LogP contribution in [0.3, 0.4) is 0 Å². The van der Waals surface area contributed by atoms with Crippen LogP contribution in [0.5, 0.6) is 5.75 Å². The normalized spacial score (nSPS) is 12.4. The van der Waals surface area contributed by atoms with Crippen molar-refractivity contribution in [2.75, 3.05) is 7.05 Å². The van der Waals surface area contributed by atoms with Crippen LogP contribution in [0, 0.1) is 5.82 Å². The molecule has 21 heavy (non-hydrogen) atoms. The maximum atomic E-state index is 14.0. The molecule has 1 unspecified atom stereocenters. The Balaban J connectivity index is 1.98. The van der Waals surface area contributed by atoms with Gasteiger partial charge in [0.1, 0.15) is 18.2 Å². The van der Waals surface area contributed by atoms with Crippen LogP contribution in [0.25, 0.3) is 0 Å². The van der Waals surface area contributed by atoms with Crippen LogP contribution in [0.1, 0.15) is 42.6 Å². The van der Waals surface area contributed by atoms with Gasteiger partial charge in [0.15, 0.2) is 0 Å². The lowest BCUT2D eigenvalue weighted by Crippen LogP contribution is -2.13. The van der Waals surface area contributed by atoms with Gasteiger partial charge >= 0.3 is 0 Å². The first-order chi connectivity index (χ1) is 10.1. The van der Waals surface area contributed by atoms with E-state index in [1.165, 1.54) is 6.07 Å². The Morgan fingerprint density at radius 2 is 2.24 bits per heavy atom. The molecule has 0 bridgehead atoms. The molecule has 114 valence electrons. The minimum Gasteiger partial charge on any atom is -0.487 e. The predicted molar refractivity (Wildman–Crippen MR) is 84.3 cm³/mol. The molecule has 2 aromatic rings. The molecule has 5 heteroatoms. The second-order valence-electron chi connectivity index (χ2n) is 4.96. The molecular weight excluding hydrogens is 287 g/mol. The molecule has 0 aliphatic rings. The van der Waals surface area contributed by atoms with Gasteiger partial charge < -0.3 is 10.1 Å². The largest absolute Gasteiger partial charge is 0.487 e. The van der Waals surface area contributed by atoms with Gasteiger partial charge in [-0.2, -0.15) is 0 Å². The first-order valence-electron chi connectivity index (χ1n) is 7.16. The molecule has 1 atom stereocenters. The fourth-order valence-electron chi connectivity index (χ4n) is 2.01. The Morgan fingerprint density at radius 3 is 2.90 bits per heavy atom. The molecule has 1 N–H and O–H groups in total. The number of nitrogens with zero attached hydrogens (tertiary/aromatic N) is 1. The Kier molecular flexibility index (Phi) is 5.70. The van der Waals surface area contributed by atoms with E-state index in [4.69, 9.17) is 4.74 Å². The lowest BCUT2D eigenvalue weighted by Gasteiger charge is -2.13. The summed E-state index contributed by atoms with van der Waals surface area (Å²) < 4.78 is 19.6. The third-order valence-corrected chi connectivity index (χ3v) is 4.28. The van der Waals surface area contributed by atoms with Crippen molar-refractivity contribution in [3.63, 3.8) is 0 Å². The van der Waals surface area contributed by atoms with Gasteiger partial charge in [-0.05, 0) is 32.9 Å². The monoisotopic (exact) mass is 308 g/mol. The van der Waals surface area contributed by atoms with Crippen LogP contribution < -0.4 is 10.1 Å². The fourth-order valence-corrected chi connectivity index (χ4v) is 2.89. The highest BCUT2D eigenvalue weighted by atomic mass is 32.1. The van der Waals surface area contributed by atoms with E-state index in [-0.39, 0.29) is 11.9 Å². The van der Waals surface area contributed by atoms with Gasteiger partial charge in [0.2, 0.25) is 0 Å². The Morgan fingerprint density at radius 1 is 1.43 bits per heavy atom. The van der Waals surface area contributed by atoms with Crippen molar-refractivity contribution in [2.45, 2.75) is 39.3 Å². The second kappa shape index (κ2) is 7.52. The number of hydrogen-bond acceptors (Lipinski definition) is 4. The van der Waals surface area contributed by atoms with Crippen LogP contribution in [-0.2, 0) is 13.0 Å². The molecule has 3 nitrogen and oxygen atoms in total. The zero-order valence-corrected chi connectivity index (χ0v) is 13.5. The number of thiazole rings is 1. The predicted octanol–water partition coefficient (Wildman–Crippen LogP) is 4.09. The molecule has 0 spiro atoms. The maximum absolute atomic E-state index is 14.0. The minimum absolute atomic E-state index is 0.0193. The molecule has 2 rings (SSSR count). The van der Waals surface area contributed by atoms with Gasteiger partial charge in [-0.3, -0.25) is 0 Å². The summed E-state index contributed by atoms with van der Waals surface area (Å²) in [5.41, 5.74) is 1.54. The minimum atomic E-state index is -0.251. The van der Waals surface area contributed by atoms with E-state index >= 15 is 0 Å². The molecule has 0 amide bonds. The lowest BCUT2D eigenvalue weighted by molar-refractivity contribution is 0.300. The molecule has 0 aliphatic carbocycles. The number of nitrogens with one attached hydrogen (secondary N) is 1. The highest BCUT2D eigenvalue weighted by molar-refractivity contribution is 7.09. The molecule has 0 saturated heterocycles. The Hall–Kier alpha value is -1.46. The molecule has 0 saturated carbocycles. The first-order valence-corrected chi connectivity index (χ1v) is 8.04. The summed E-state index contributed by atoms with van der Waals surface area (Å²) in [6.45, 7) is 4.43. The summed E-state index contributed by atoms with van der Waals surface area (Å²) >= 11 is 1.65. The quantitative estimate of drug-likeness (QED) is 0.836. The van der Waals surface area contributed by atoms with Crippen molar-refractivity contribution in [1.29, 1.82) is 0 Å². The summed E-state index contributed by atoms with van der Waals surface area (Å²) in [6.07, 6.45) is 2.08.